The van der Waals surface area contributed by atoms with E-state index in [0.717, 1.165) is 23.3 Å². The average molecular weight is 245 g/mol. The van der Waals surface area contributed by atoms with Crippen molar-refractivity contribution in [2.24, 2.45) is 5.92 Å². The van der Waals surface area contributed by atoms with Crippen LogP contribution in [0.2, 0.25) is 5.02 Å². The van der Waals surface area contributed by atoms with Crippen LogP contribution in [0.4, 0.5) is 0 Å². The zero-order valence-electron chi connectivity index (χ0n) is 9.47. The summed E-state index contributed by atoms with van der Waals surface area (Å²) in [5.41, 5.74) is 1.01. The number of rotatable bonds is 5. The van der Waals surface area contributed by atoms with Gasteiger partial charge in [0, 0.05) is 6.42 Å². The van der Waals surface area contributed by atoms with Crippen molar-refractivity contribution in [1.82, 2.24) is 0 Å². The molecule has 15 heavy (non-hydrogen) atoms. The van der Waals surface area contributed by atoms with Gasteiger partial charge in [-0.2, -0.15) is 0 Å². The maximum atomic E-state index is 11.8. The lowest BCUT2D eigenvalue weighted by Crippen LogP contribution is -1.98. The highest BCUT2D eigenvalue weighted by Crippen LogP contribution is 2.28. The number of Topliss-reactive ketones (excluding diaryl/α,β-unsaturated/α-hetero) is 1. The van der Waals surface area contributed by atoms with Gasteiger partial charge in [0.1, 0.15) is 0 Å². The van der Waals surface area contributed by atoms with Gasteiger partial charge in [-0.3, -0.25) is 4.79 Å². The van der Waals surface area contributed by atoms with Gasteiger partial charge >= 0.3 is 0 Å². The third-order valence-corrected chi connectivity index (χ3v) is 4.08. The largest absolute Gasteiger partial charge is 0.293 e. The van der Waals surface area contributed by atoms with Crippen LogP contribution in [0, 0.1) is 12.8 Å². The van der Waals surface area contributed by atoms with E-state index in [1.807, 2.05) is 12.3 Å². The SMILES string of the molecule is Cc1csc(C(=O)CCCC(C)C)c1Cl. The Kier molecular flexibility index (Phi) is 4.81. The number of thiophene rings is 1. The Bertz CT molecular complexity index is 341. The van der Waals surface area contributed by atoms with Crippen LogP contribution in [0.15, 0.2) is 5.38 Å². The Morgan fingerprint density at radius 2 is 2.20 bits per heavy atom. The summed E-state index contributed by atoms with van der Waals surface area (Å²) in [5, 5.41) is 2.59. The Morgan fingerprint density at radius 3 is 2.67 bits per heavy atom. The first-order chi connectivity index (χ1) is 7.02. The molecule has 0 bridgehead atoms. The highest BCUT2D eigenvalue weighted by molar-refractivity contribution is 7.13. The van der Waals surface area contributed by atoms with Crippen molar-refractivity contribution in [2.45, 2.75) is 40.0 Å². The molecule has 0 aliphatic carbocycles. The third kappa shape index (κ3) is 3.62. The molecule has 0 spiro atoms. The fourth-order valence-electron chi connectivity index (χ4n) is 1.40. The summed E-state index contributed by atoms with van der Waals surface area (Å²) in [6.45, 7) is 6.28. The summed E-state index contributed by atoms with van der Waals surface area (Å²) in [4.78, 5) is 12.5. The van der Waals surface area contributed by atoms with E-state index >= 15 is 0 Å². The molecule has 0 saturated heterocycles. The Labute approximate surface area is 100 Å². The zero-order chi connectivity index (χ0) is 11.4. The van der Waals surface area contributed by atoms with Crippen molar-refractivity contribution < 1.29 is 4.79 Å². The number of halogens is 1. The Morgan fingerprint density at radius 1 is 1.53 bits per heavy atom. The van der Waals surface area contributed by atoms with Gasteiger partial charge in [0.15, 0.2) is 5.78 Å². The summed E-state index contributed by atoms with van der Waals surface area (Å²) in [7, 11) is 0. The maximum Gasteiger partial charge on any atom is 0.174 e. The van der Waals surface area contributed by atoms with Crippen LogP contribution >= 0.6 is 22.9 Å². The first-order valence-corrected chi connectivity index (χ1v) is 6.55. The quantitative estimate of drug-likeness (QED) is 0.685. The molecule has 1 nitrogen and oxygen atoms in total. The molecule has 0 fully saturated rings. The molecule has 0 amide bonds. The molecule has 0 unspecified atom stereocenters. The molecule has 1 rings (SSSR count). The minimum absolute atomic E-state index is 0.193. The maximum absolute atomic E-state index is 11.8. The minimum atomic E-state index is 0.193. The lowest BCUT2D eigenvalue weighted by molar-refractivity contribution is 0.0982. The molecule has 3 heteroatoms. The van der Waals surface area contributed by atoms with E-state index in [9.17, 15) is 4.79 Å². The van der Waals surface area contributed by atoms with Gasteiger partial charge in [-0.1, -0.05) is 31.9 Å². The van der Waals surface area contributed by atoms with Gasteiger partial charge in [-0.25, -0.2) is 0 Å². The molecule has 0 N–H and O–H groups in total. The molecule has 84 valence electrons. The normalized spacial score (nSPS) is 11.0. The molecule has 1 aromatic rings. The molecule has 0 radical (unpaired) electrons. The van der Waals surface area contributed by atoms with Crippen molar-refractivity contribution in [2.75, 3.05) is 0 Å². The van der Waals surface area contributed by atoms with Gasteiger partial charge in [0.2, 0.25) is 0 Å². The van der Waals surface area contributed by atoms with Crippen LogP contribution in [-0.2, 0) is 0 Å². The topological polar surface area (TPSA) is 17.1 Å². The van der Waals surface area contributed by atoms with Gasteiger partial charge in [0.05, 0.1) is 9.90 Å². The van der Waals surface area contributed by atoms with Crippen molar-refractivity contribution in [1.29, 1.82) is 0 Å². The smallest absolute Gasteiger partial charge is 0.174 e. The summed E-state index contributed by atoms with van der Waals surface area (Å²) in [6.07, 6.45) is 2.69. The number of carbonyl (C=O) groups excluding carboxylic acids is 1. The van der Waals surface area contributed by atoms with Crippen LogP contribution < -0.4 is 0 Å². The van der Waals surface area contributed by atoms with E-state index in [1.54, 1.807) is 0 Å². The lowest BCUT2D eigenvalue weighted by atomic mass is 10.0. The number of ketones is 1. The van der Waals surface area contributed by atoms with Gasteiger partial charge in [-0.15, -0.1) is 11.3 Å². The first kappa shape index (κ1) is 12.7. The number of hydrogen-bond acceptors (Lipinski definition) is 2. The van der Waals surface area contributed by atoms with E-state index in [-0.39, 0.29) is 5.78 Å². The second kappa shape index (κ2) is 5.66. The van der Waals surface area contributed by atoms with Crippen molar-refractivity contribution in [3.8, 4) is 0 Å². The van der Waals surface area contributed by atoms with Crippen molar-refractivity contribution in [3.63, 3.8) is 0 Å². The van der Waals surface area contributed by atoms with E-state index < -0.39 is 0 Å². The second-order valence-corrected chi connectivity index (χ2v) is 5.53. The molecule has 0 saturated carbocycles. The second-order valence-electron chi connectivity index (χ2n) is 4.27. The zero-order valence-corrected chi connectivity index (χ0v) is 11.0. The first-order valence-electron chi connectivity index (χ1n) is 5.29. The Hall–Kier alpha value is -0.340. The van der Waals surface area contributed by atoms with E-state index in [2.05, 4.69) is 13.8 Å². The lowest BCUT2D eigenvalue weighted by Gasteiger charge is -2.03. The van der Waals surface area contributed by atoms with E-state index in [4.69, 9.17) is 11.6 Å². The molecule has 0 aliphatic heterocycles. The summed E-state index contributed by atoms with van der Waals surface area (Å²) in [5.74, 6) is 0.858. The van der Waals surface area contributed by atoms with Crippen LogP contribution in [-0.4, -0.2) is 5.78 Å². The van der Waals surface area contributed by atoms with E-state index in [1.165, 1.54) is 11.3 Å². The average Bonchev–Trinajstić information content (AvgIpc) is 2.47. The minimum Gasteiger partial charge on any atom is -0.293 e. The highest BCUT2D eigenvalue weighted by Gasteiger charge is 2.14. The monoisotopic (exact) mass is 244 g/mol. The van der Waals surface area contributed by atoms with Crippen LogP contribution in [0.25, 0.3) is 0 Å². The third-order valence-electron chi connectivity index (χ3n) is 2.34. The van der Waals surface area contributed by atoms with Crippen LogP contribution in [0.3, 0.4) is 0 Å². The summed E-state index contributed by atoms with van der Waals surface area (Å²) in [6, 6.07) is 0. The molecule has 0 aromatic carbocycles. The van der Waals surface area contributed by atoms with Gasteiger partial charge < -0.3 is 0 Å². The van der Waals surface area contributed by atoms with Crippen LogP contribution in [0.1, 0.15) is 48.3 Å². The predicted octanol–water partition coefficient (Wildman–Crippen LogP) is 4.72. The van der Waals surface area contributed by atoms with Crippen LogP contribution in [0.5, 0.6) is 0 Å². The molecule has 0 atom stereocenters. The molecule has 1 heterocycles. The Balaban J connectivity index is 2.51. The number of hydrogen-bond donors (Lipinski definition) is 0. The summed E-state index contributed by atoms with van der Waals surface area (Å²) >= 11 is 7.50. The number of carbonyl (C=O) groups is 1. The standard InChI is InChI=1S/C12H17ClOS/c1-8(2)5-4-6-10(14)12-11(13)9(3)7-15-12/h7-8H,4-6H2,1-3H3. The number of aryl methyl sites for hydroxylation is 1. The van der Waals surface area contributed by atoms with Crippen molar-refractivity contribution in [3.05, 3.63) is 20.8 Å². The van der Waals surface area contributed by atoms with Gasteiger partial charge in [0.25, 0.3) is 0 Å². The van der Waals surface area contributed by atoms with Gasteiger partial charge in [-0.05, 0) is 30.2 Å². The molecular weight excluding hydrogens is 228 g/mol. The summed E-state index contributed by atoms with van der Waals surface area (Å²) < 4.78 is 0. The fraction of sp³-hybridized carbons (Fsp3) is 0.583. The molecule has 0 aliphatic rings. The highest BCUT2D eigenvalue weighted by atomic mass is 35.5. The fourth-order valence-corrected chi connectivity index (χ4v) is 2.67. The van der Waals surface area contributed by atoms with E-state index in [0.29, 0.717) is 17.4 Å². The molecular formula is C12H17ClOS. The predicted molar refractivity (Wildman–Crippen MR) is 67.1 cm³/mol. The molecule has 1 aromatic heterocycles. The van der Waals surface area contributed by atoms with Crippen molar-refractivity contribution >= 4 is 28.7 Å².